The molecular formula is C24H42O21. The van der Waals surface area contributed by atoms with Gasteiger partial charge in [0.15, 0.2) is 18.9 Å². The van der Waals surface area contributed by atoms with Gasteiger partial charge in [0.2, 0.25) is 5.79 Å². The fourth-order valence-electron chi connectivity index (χ4n) is 5.49. The minimum Gasteiger partial charge on any atom is -0.394 e. The Labute approximate surface area is 254 Å². The van der Waals surface area contributed by atoms with Crippen LogP contribution in [0.1, 0.15) is 0 Å². The van der Waals surface area contributed by atoms with E-state index in [1.807, 2.05) is 0 Å². The number of hydrogen-bond donors (Lipinski definition) is 14. The van der Waals surface area contributed by atoms with E-state index in [-0.39, 0.29) is 0 Å². The van der Waals surface area contributed by atoms with Crippen molar-refractivity contribution in [2.75, 3.05) is 33.0 Å². The summed E-state index contributed by atoms with van der Waals surface area (Å²) in [6, 6.07) is 0. The van der Waals surface area contributed by atoms with Gasteiger partial charge >= 0.3 is 0 Å². The monoisotopic (exact) mass is 666 g/mol. The highest BCUT2D eigenvalue weighted by Crippen LogP contribution is 2.37. The molecule has 45 heavy (non-hydrogen) atoms. The summed E-state index contributed by atoms with van der Waals surface area (Å²) >= 11 is 0. The molecule has 14 N–H and O–H groups in total. The van der Waals surface area contributed by atoms with Crippen LogP contribution in [0.2, 0.25) is 0 Å². The van der Waals surface area contributed by atoms with E-state index < -0.39 is 149 Å². The lowest BCUT2D eigenvalue weighted by Crippen LogP contribution is -2.66. The molecule has 19 atom stereocenters. The molecule has 4 aliphatic rings. The number of aliphatic hydroxyl groups is 14. The lowest BCUT2D eigenvalue weighted by atomic mass is 9.96. The van der Waals surface area contributed by atoms with Crippen molar-refractivity contribution in [3.8, 4) is 0 Å². The fraction of sp³-hybridized carbons (Fsp3) is 1.00. The second-order valence-corrected chi connectivity index (χ2v) is 11.2. The van der Waals surface area contributed by atoms with Crippen molar-refractivity contribution >= 4 is 0 Å². The summed E-state index contributed by atoms with van der Waals surface area (Å²) in [5, 5.41) is 143. The van der Waals surface area contributed by atoms with Crippen molar-refractivity contribution in [1.29, 1.82) is 0 Å². The number of hydrogen-bond acceptors (Lipinski definition) is 21. The molecule has 0 spiro atoms. The third-order valence-electron chi connectivity index (χ3n) is 8.28. The average molecular weight is 667 g/mol. The highest BCUT2D eigenvalue weighted by atomic mass is 16.8. The Morgan fingerprint density at radius 2 is 1.00 bits per heavy atom. The summed E-state index contributed by atoms with van der Waals surface area (Å²) in [5.41, 5.74) is 0. The largest absolute Gasteiger partial charge is 0.394 e. The predicted octanol–water partition coefficient (Wildman–Crippen LogP) is -9.75. The Balaban J connectivity index is 1.58. The Morgan fingerprint density at radius 3 is 1.51 bits per heavy atom. The van der Waals surface area contributed by atoms with E-state index in [2.05, 4.69) is 0 Å². The van der Waals surface area contributed by atoms with Gasteiger partial charge in [-0.15, -0.1) is 0 Å². The number of rotatable bonds is 11. The first kappa shape index (κ1) is 37.0. The summed E-state index contributed by atoms with van der Waals surface area (Å²) in [4.78, 5) is 0. The summed E-state index contributed by atoms with van der Waals surface area (Å²) in [6.07, 6.45) is -32.4. The van der Waals surface area contributed by atoms with Gasteiger partial charge in [0.1, 0.15) is 98.2 Å². The highest BCUT2D eigenvalue weighted by Gasteiger charge is 2.59. The average Bonchev–Trinajstić information content (AvgIpc) is 3.28. The van der Waals surface area contributed by atoms with E-state index >= 15 is 0 Å². The van der Waals surface area contributed by atoms with Crippen molar-refractivity contribution in [3.63, 3.8) is 0 Å². The zero-order chi connectivity index (χ0) is 33.4. The van der Waals surface area contributed by atoms with Gasteiger partial charge in [0.05, 0.1) is 26.4 Å². The number of ether oxygens (including phenoxy) is 7. The maximum atomic E-state index is 11.2. The van der Waals surface area contributed by atoms with E-state index in [9.17, 15) is 71.5 Å². The topological polar surface area (TPSA) is 348 Å². The van der Waals surface area contributed by atoms with Crippen LogP contribution in [0.5, 0.6) is 0 Å². The van der Waals surface area contributed by atoms with Crippen LogP contribution < -0.4 is 0 Å². The normalized spacial score (nSPS) is 52.7. The van der Waals surface area contributed by atoms with Gasteiger partial charge < -0.3 is 105 Å². The molecule has 0 aromatic carbocycles. The molecule has 21 heteroatoms. The molecule has 4 heterocycles. The van der Waals surface area contributed by atoms with Crippen molar-refractivity contribution in [2.24, 2.45) is 0 Å². The molecule has 4 aliphatic heterocycles. The van der Waals surface area contributed by atoms with Crippen LogP contribution in [-0.4, -0.2) is 221 Å². The summed E-state index contributed by atoms with van der Waals surface area (Å²) in [7, 11) is 0. The summed E-state index contributed by atoms with van der Waals surface area (Å²) in [5.74, 6) is -2.52. The van der Waals surface area contributed by atoms with E-state index in [0.29, 0.717) is 0 Å². The number of aliphatic hydroxyl groups excluding tert-OH is 14. The Morgan fingerprint density at radius 1 is 0.489 bits per heavy atom. The first-order valence-corrected chi connectivity index (χ1v) is 14.1. The molecular weight excluding hydrogens is 624 g/mol. The quantitative estimate of drug-likeness (QED) is 0.0973. The van der Waals surface area contributed by atoms with Crippen molar-refractivity contribution in [1.82, 2.24) is 0 Å². The highest BCUT2D eigenvalue weighted by molar-refractivity contribution is 5.00. The first-order valence-electron chi connectivity index (χ1n) is 14.1. The van der Waals surface area contributed by atoms with Gasteiger partial charge in [-0.1, -0.05) is 0 Å². The van der Waals surface area contributed by atoms with Crippen molar-refractivity contribution < 1.29 is 105 Å². The van der Waals surface area contributed by atoms with Gasteiger partial charge in [0, 0.05) is 0 Å². The smallest absolute Gasteiger partial charge is 0.224 e. The maximum Gasteiger partial charge on any atom is 0.224 e. The molecule has 21 nitrogen and oxygen atoms in total. The minimum absolute atomic E-state index is 0.775. The zero-order valence-electron chi connectivity index (χ0n) is 23.5. The van der Waals surface area contributed by atoms with E-state index in [1.54, 1.807) is 0 Å². The SMILES string of the molecule is OC[C@H]1O[C@@H](OC[C@H]2O[C@H](O[C@]3(CO)O[C@H](CO)[C@@H](O)[C@@H]3O)[C@H](O)[C@@H](O[C@@H]3O[C@H](CO)[C@H](O)[C@H](O)[C@H]3O)[C@@H]2O)[C@H](O)[C@@H](O)[C@H]1O. The molecule has 264 valence electrons. The van der Waals surface area contributed by atoms with E-state index in [0.717, 1.165) is 0 Å². The molecule has 4 rings (SSSR count). The van der Waals surface area contributed by atoms with E-state index in [1.165, 1.54) is 0 Å². The van der Waals surface area contributed by atoms with Gasteiger partial charge in [-0.3, -0.25) is 0 Å². The molecule has 0 unspecified atom stereocenters. The first-order chi connectivity index (χ1) is 21.2. The molecule has 0 radical (unpaired) electrons. The molecule has 0 amide bonds. The Kier molecular flexibility index (Phi) is 12.5. The summed E-state index contributed by atoms with van der Waals surface area (Å²) < 4.78 is 38.0. The van der Waals surface area contributed by atoms with Gasteiger partial charge in [0.25, 0.3) is 0 Å². The molecule has 4 saturated heterocycles. The second kappa shape index (κ2) is 15.1. The van der Waals surface area contributed by atoms with E-state index in [4.69, 9.17) is 33.2 Å². The second-order valence-electron chi connectivity index (χ2n) is 11.2. The van der Waals surface area contributed by atoms with Gasteiger partial charge in [-0.2, -0.15) is 0 Å². The van der Waals surface area contributed by atoms with Crippen LogP contribution in [0.3, 0.4) is 0 Å². The molecule has 0 saturated carbocycles. The van der Waals surface area contributed by atoms with Crippen molar-refractivity contribution in [3.05, 3.63) is 0 Å². The molecule has 0 aliphatic carbocycles. The minimum atomic E-state index is -2.52. The zero-order valence-corrected chi connectivity index (χ0v) is 23.5. The van der Waals surface area contributed by atoms with Crippen LogP contribution >= 0.6 is 0 Å². The maximum absolute atomic E-state index is 11.2. The van der Waals surface area contributed by atoms with Crippen LogP contribution in [0.4, 0.5) is 0 Å². The molecule has 4 fully saturated rings. The standard InChI is InChI=1S/C24H42O21/c25-1-6-10(29)14(33)16(35)21(40-6)39-4-9-12(31)19(43-22-17(36)15(34)11(30)7(2-26)41-22)18(37)23(42-9)45-24(5-28)20(38)13(32)8(3-27)44-24/h6-23,25-38H,1-5H2/t6-,7-,8-,9-,10+,11+,12-,13-,14+,15+,16-,17-,18-,19+,20+,21-,22+,23-,24+/m1/s1. The Bertz CT molecular complexity index is 929. The van der Waals surface area contributed by atoms with Crippen LogP contribution in [0.15, 0.2) is 0 Å². The fourth-order valence-corrected chi connectivity index (χ4v) is 5.49. The molecule has 0 aromatic rings. The van der Waals surface area contributed by atoms with Gasteiger partial charge in [-0.25, -0.2) is 0 Å². The molecule has 0 bridgehead atoms. The third-order valence-corrected chi connectivity index (χ3v) is 8.28. The third kappa shape index (κ3) is 7.15. The van der Waals surface area contributed by atoms with Crippen LogP contribution in [0, 0.1) is 0 Å². The lowest BCUT2D eigenvalue weighted by molar-refractivity contribution is -0.403. The van der Waals surface area contributed by atoms with Crippen LogP contribution in [-0.2, 0) is 33.2 Å². The van der Waals surface area contributed by atoms with Crippen LogP contribution in [0.25, 0.3) is 0 Å². The molecule has 0 aromatic heterocycles. The van der Waals surface area contributed by atoms with Crippen molar-refractivity contribution in [2.45, 2.75) is 116 Å². The van der Waals surface area contributed by atoms with Gasteiger partial charge in [-0.05, 0) is 0 Å². The predicted molar refractivity (Wildman–Crippen MR) is 134 cm³/mol. The lowest BCUT2D eigenvalue weighted by Gasteiger charge is -2.47. The summed E-state index contributed by atoms with van der Waals surface area (Å²) in [6.45, 7) is -4.39. The Hall–Kier alpha value is -0.840.